The van der Waals surface area contributed by atoms with Crippen molar-refractivity contribution < 1.29 is 14.4 Å². The highest BCUT2D eigenvalue weighted by molar-refractivity contribution is 5.84. The zero-order chi connectivity index (χ0) is 13.4. The van der Waals surface area contributed by atoms with Gasteiger partial charge in [-0.2, -0.15) is 4.98 Å². The van der Waals surface area contributed by atoms with Crippen LogP contribution in [0.2, 0.25) is 0 Å². The quantitative estimate of drug-likeness (QED) is 0.803. The van der Waals surface area contributed by atoms with Gasteiger partial charge in [0.2, 0.25) is 5.89 Å². The molecule has 2 aromatic rings. The lowest BCUT2D eigenvalue weighted by Gasteiger charge is -2.37. The summed E-state index contributed by atoms with van der Waals surface area (Å²) >= 11 is 0. The highest BCUT2D eigenvalue weighted by atomic mass is 16.5. The van der Waals surface area contributed by atoms with Crippen molar-refractivity contribution in [3.8, 4) is 0 Å². The van der Waals surface area contributed by atoms with Crippen LogP contribution in [0.15, 0.2) is 10.7 Å². The molecule has 0 radical (unpaired) electrons. The Bertz CT molecular complexity index is 600. The molecule has 0 aliphatic carbocycles. The van der Waals surface area contributed by atoms with E-state index >= 15 is 0 Å². The summed E-state index contributed by atoms with van der Waals surface area (Å²) in [6, 6.07) is 0.147. The lowest BCUT2D eigenvalue weighted by molar-refractivity contribution is 0.0689. The first-order valence-electron chi connectivity index (χ1n) is 5.78. The maximum absolute atomic E-state index is 10.7. The number of aromatic carboxylic acids is 1. The zero-order valence-corrected chi connectivity index (χ0v) is 10.2. The molecule has 19 heavy (non-hydrogen) atoms. The SMILES string of the molecule is Cc1nc(CN2CC(n3cc(C(=O)O)nn3)C2)no1. The van der Waals surface area contributed by atoms with Crippen LogP contribution in [-0.2, 0) is 6.54 Å². The van der Waals surface area contributed by atoms with Gasteiger partial charge in [-0.25, -0.2) is 9.48 Å². The third-order valence-electron chi connectivity index (χ3n) is 2.98. The van der Waals surface area contributed by atoms with E-state index in [1.54, 1.807) is 11.6 Å². The van der Waals surface area contributed by atoms with Gasteiger partial charge in [-0.3, -0.25) is 4.90 Å². The van der Waals surface area contributed by atoms with E-state index in [1.807, 2.05) is 0 Å². The van der Waals surface area contributed by atoms with Crippen molar-refractivity contribution in [1.29, 1.82) is 0 Å². The number of nitrogens with zero attached hydrogens (tertiary/aromatic N) is 6. The lowest BCUT2D eigenvalue weighted by atomic mass is 10.1. The molecule has 3 heterocycles. The molecule has 1 aliphatic rings. The molecule has 0 unspecified atom stereocenters. The fourth-order valence-electron chi connectivity index (χ4n) is 2.00. The average molecular weight is 264 g/mol. The molecule has 2 aromatic heterocycles. The number of aromatic nitrogens is 5. The van der Waals surface area contributed by atoms with Gasteiger partial charge >= 0.3 is 5.97 Å². The molecule has 1 saturated heterocycles. The van der Waals surface area contributed by atoms with Crippen LogP contribution >= 0.6 is 0 Å². The van der Waals surface area contributed by atoms with Gasteiger partial charge in [0.1, 0.15) is 0 Å². The van der Waals surface area contributed by atoms with Gasteiger partial charge in [-0.1, -0.05) is 10.4 Å². The van der Waals surface area contributed by atoms with E-state index in [9.17, 15) is 4.79 Å². The Hall–Kier alpha value is -2.29. The van der Waals surface area contributed by atoms with Gasteiger partial charge in [0, 0.05) is 20.0 Å². The van der Waals surface area contributed by atoms with E-state index in [1.165, 1.54) is 6.20 Å². The van der Waals surface area contributed by atoms with Gasteiger partial charge in [0.05, 0.1) is 18.8 Å². The number of likely N-dealkylation sites (tertiary alicyclic amines) is 1. The molecule has 3 rings (SSSR count). The summed E-state index contributed by atoms with van der Waals surface area (Å²) in [6.45, 7) is 3.89. The maximum Gasteiger partial charge on any atom is 0.358 e. The normalized spacial score (nSPS) is 16.5. The third kappa shape index (κ3) is 2.32. The zero-order valence-electron chi connectivity index (χ0n) is 10.2. The topological polar surface area (TPSA) is 110 Å². The smallest absolute Gasteiger partial charge is 0.358 e. The van der Waals surface area contributed by atoms with E-state index in [4.69, 9.17) is 9.63 Å². The lowest BCUT2D eigenvalue weighted by Crippen LogP contribution is -2.47. The van der Waals surface area contributed by atoms with E-state index < -0.39 is 5.97 Å². The molecule has 0 saturated carbocycles. The molecule has 0 bridgehead atoms. The van der Waals surface area contributed by atoms with Gasteiger partial charge in [0.15, 0.2) is 11.5 Å². The van der Waals surface area contributed by atoms with Gasteiger partial charge in [-0.05, 0) is 0 Å². The van der Waals surface area contributed by atoms with Gasteiger partial charge in [0.25, 0.3) is 0 Å². The van der Waals surface area contributed by atoms with Crippen LogP contribution in [0, 0.1) is 6.92 Å². The molecule has 100 valence electrons. The summed E-state index contributed by atoms with van der Waals surface area (Å²) < 4.78 is 6.48. The largest absolute Gasteiger partial charge is 0.476 e. The summed E-state index contributed by atoms with van der Waals surface area (Å²) in [4.78, 5) is 16.9. The van der Waals surface area contributed by atoms with Crippen molar-refractivity contribution in [3.63, 3.8) is 0 Å². The van der Waals surface area contributed by atoms with Crippen molar-refractivity contribution in [2.24, 2.45) is 0 Å². The number of carbonyl (C=O) groups is 1. The Morgan fingerprint density at radius 1 is 1.58 bits per heavy atom. The number of hydrogen-bond acceptors (Lipinski definition) is 7. The monoisotopic (exact) mass is 264 g/mol. The third-order valence-corrected chi connectivity index (χ3v) is 2.98. The van der Waals surface area contributed by atoms with Crippen LogP contribution in [0.1, 0.15) is 28.2 Å². The molecule has 0 amide bonds. The van der Waals surface area contributed by atoms with Crippen LogP contribution in [0.5, 0.6) is 0 Å². The Kier molecular flexibility index (Phi) is 2.75. The first-order valence-corrected chi connectivity index (χ1v) is 5.78. The Balaban J connectivity index is 1.55. The highest BCUT2D eigenvalue weighted by Crippen LogP contribution is 2.21. The van der Waals surface area contributed by atoms with Crippen molar-refractivity contribution >= 4 is 5.97 Å². The molecular weight excluding hydrogens is 252 g/mol. The average Bonchev–Trinajstić information content (AvgIpc) is 2.91. The molecular formula is C10H12N6O3. The van der Waals surface area contributed by atoms with Gasteiger partial charge < -0.3 is 9.63 Å². The Labute approximate surface area is 107 Å². The number of carboxylic acids is 1. The Morgan fingerprint density at radius 2 is 2.37 bits per heavy atom. The summed E-state index contributed by atoms with van der Waals surface area (Å²) in [5, 5.41) is 20.0. The predicted octanol–water partition coefficient (Wildman–Crippen LogP) is -0.275. The van der Waals surface area contributed by atoms with E-state index in [2.05, 4.69) is 25.4 Å². The number of aryl methyl sites for hydroxylation is 1. The summed E-state index contributed by atoms with van der Waals surface area (Å²) in [5.74, 6) is 0.139. The summed E-state index contributed by atoms with van der Waals surface area (Å²) in [7, 11) is 0. The van der Waals surface area contributed by atoms with Crippen LogP contribution in [0.25, 0.3) is 0 Å². The molecule has 9 heteroatoms. The maximum atomic E-state index is 10.7. The molecule has 1 fully saturated rings. The first-order chi connectivity index (χ1) is 9.11. The molecule has 9 nitrogen and oxygen atoms in total. The Morgan fingerprint density at radius 3 is 2.95 bits per heavy atom. The molecule has 1 aliphatic heterocycles. The first kappa shape index (κ1) is 11.8. The van der Waals surface area contributed by atoms with Crippen LogP contribution < -0.4 is 0 Å². The fourth-order valence-corrected chi connectivity index (χ4v) is 2.00. The summed E-state index contributed by atoms with van der Waals surface area (Å²) in [6.07, 6.45) is 1.45. The van der Waals surface area contributed by atoms with Crippen molar-refractivity contribution in [2.45, 2.75) is 19.5 Å². The molecule has 0 atom stereocenters. The van der Waals surface area contributed by atoms with Crippen molar-refractivity contribution in [3.05, 3.63) is 23.6 Å². The second kappa shape index (κ2) is 4.43. The van der Waals surface area contributed by atoms with Crippen LogP contribution in [0.4, 0.5) is 0 Å². The predicted molar refractivity (Wildman–Crippen MR) is 60.3 cm³/mol. The number of carboxylic acid groups (broad SMARTS) is 1. The second-order valence-electron chi connectivity index (χ2n) is 4.47. The van der Waals surface area contributed by atoms with Gasteiger partial charge in [-0.15, -0.1) is 5.10 Å². The fraction of sp³-hybridized carbons (Fsp3) is 0.500. The van der Waals surface area contributed by atoms with E-state index in [-0.39, 0.29) is 11.7 Å². The van der Waals surface area contributed by atoms with Crippen molar-refractivity contribution in [2.75, 3.05) is 13.1 Å². The molecule has 0 aromatic carbocycles. The van der Waals surface area contributed by atoms with E-state index in [0.717, 1.165) is 13.1 Å². The second-order valence-corrected chi connectivity index (χ2v) is 4.47. The number of rotatable bonds is 4. The minimum absolute atomic E-state index is 0.0350. The number of hydrogen-bond donors (Lipinski definition) is 1. The van der Waals surface area contributed by atoms with E-state index in [0.29, 0.717) is 18.3 Å². The summed E-state index contributed by atoms with van der Waals surface area (Å²) in [5.41, 5.74) is -0.0350. The minimum Gasteiger partial charge on any atom is -0.476 e. The molecule has 1 N–H and O–H groups in total. The standard InChI is InChI=1S/C10H12N6O3/c1-6-11-9(13-19-6)5-15-2-7(3-15)16-4-8(10(17)18)12-14-16/h4,7H,2-3,5H2,1H3,(H,17,18). The van der Waals surface area contributed by atoms with Crippen LogP contribution in [-0.4, -0.2) is 54.2 Å². The van der Waals surface area contributed by atoms with Crippen LogP contribution in [0.3, 0.4) is 0 Å². The minimum atomic E-state index is -1.07. The van der Waals surface area contributed by atoms with Crippen molar-refractivity contribution in [1.82, 2.24) is 30.0 Å². The molecule has 0 spiro atoms. The highest BCUT2D eigenvalue weighted by Gasteiger charge is 2.30.